The first-order valence-corrected chi connectivity index (χ1v) is 5.93. The van der Waals surface area contributed by atoms with Crippen molar-refractivity contribution in [2.24, 2.45) is 0 Å². The molecular formula is C12H12N2O2S. The second-order valence-electron chi connectivity index (χ2n) is 3.53. The van der Waals surface area contributed by atoms with Gasteiger partial charge < -0.3 is 10.5 Å². The van der Waals surface area contributed by atoms with Crippen LogP contribution in [0.3, 0.4) is 0 Å². The molecule has 0 atom stereocenters. The van der Waals surface area contributed by atoms with Crippen molar-refractivity contribution < 1.29 is 9.53 Å². The van der Waals surface area contributed by atoms with Gasteiger partial charge in [0.2, 0.25) is 0 Å². The van der Waals surface area contributed by atoms with Crippen LogP contribution in [-0.2, 0) is 11.2 Å². The SMILES string of the molecule is COC(=O)c1scc(Cc2cccnc2)c1N. The summed E-state index contributed by atoms with van der Waals surface area (Å²) in [5.74, 6) is -0.384. The Hall–Kier alpha value is -1.88. The van der Waals surface area contributed by atoms with Crippen molar-refractivity contribution in [3.63, 3.8) is 0 Å². The Morgan fingerprint density at radius 3 is 3.06 bits per heavy atom. The van der Waals surface area contributed by atoms with Gasteiger partial charge in [-0.1, -0.05) is 6.07 Å². The zero-order valence-electron chi connectivity index (χ0n) is 9.34. The Morgan fingerprint density at radius 2 is 2.41 bits per heavy atom. The highest BCUT2D eigenvalue weighted by Gasteiger charge is 2.16. The molecule has 2 heterocycles. The Balaban J connectivity index is 2.24. The lowest BCUT2D eigenvalue weighted by Crippen LogP contribution is -2.03. The first-order valence-electron chi connectivity index (χ1n) is 5.05. The zero-order chi connectivity index (χ0) is 12.3. The second-order valence-corrected chi connectivity index (χ2v) is 4.41. The third-order valence-electron chi connectivity index (χ3n) is 2.40. The summed E-state index contributed by atoms with van der Waals surface area (Å²) in [5, 5.41) is 1.88. The summed E-state index contributed by atoms with van der Waals surface area (Å²) in [7, 11) is 1.35. The maximum atomic E-state index is 11.4. The molecule has 2 N–H and O–H groups in total. The van der Waals surface area contributed by atoms with Crippen molar-refractivity contribution in [2.45, 2.75) is 6.42 Å². The predicted molar refractivity (Wildman–Crippen MR) is 67.1 cm³/mol. The summed E-state index contributed by atoms with van der Waals surface area (Å²) in [5.41, 5.74) is 8.42. The lowest BCUT2D eigenvalue weighted by molar-refractivity contribution is 0.0607. The molecule has 0 fully saturated rings. The number of rotatable bonds is 3. The number of hydrogen-bond donors (Lipinski definition) is 1. The van der Waals surface area contributed by atoms with Crippen LogP contribution in [0.1, 0.15) is 20.8 Å². The maximum absolute atomic E-state index is 11.4. The van der Waals surface area contributed by atoms with E-state index in [1.807, 2.05) is 17.5 Å². The summed E-state index contributed by atoms with van der Waals surface area (Å²) in [6.45, 7) is 0. The minimum Gasteiger partial charge on any atom is -0.465 e. The average molecular weight is 248 g/mol. The summed E-state index contributed by atoms with van der Waals surface area (Å²) < 4.78 is 4.66. The summed E-state index contributed by atoms with van der Waals surface area (Å²) in [6.07, 6.45) is 4.18. The van der Waals surface area contributed by atoms with Crippen molar-refractivity contribution in [1.29, 1.82) is 0 Å². The van der Waals surface area contributed by atoms with Gasteiger partial charge in [-0.05, 0) is 22.6 Å². The lowest BCUT2D eigenvalue weighted by atomic mass is 10.1. The molecule has 2 aromatic rings. The van der Waals surface area contributed by atoms with Gasteiger partial charge in [0.1, 0.15) is 4.88 Å². The van der Waals surface area contributed by atoms with E-state index in [2.05, 4.69) is 9.72 Å². The first-order chi connectivity index (χ1) is 8.22. The van der Waals surface area contributed by atoms with Crippen LogP contribution in [0.4, 0.5) is 5.69 Å². The van der Waals surface area contributed by atoms with E-state index >= 15 is 0 Å². The molecule has 0 amide bonds. The van der Waals surface area contributed by atoms with Crippen LogP contribution in [0, 0.1) is 0 Å². The third-order valence-corrected chi connectivity index (χ3v) is 3.42. The van der Waals surface area contributed by atoms with Gasteiger partial charge in [-0.3, -0.25) is 4.98 Å². The molecule has 0 saturated heterocycles. The first kappa shape index (κ1) is 11.6. The molecular weight excluding hydrogens is 236 g/mol. The largest absolute Gasteiger partial charge is 0.465 e. The second kappa shape index (κ2) is 4.97. The van der Waals surface area contributed by atoms with Gasteiger partial charge in [0.05, 0.1) is 12.8 Å². The number of nitrogens with zero attached hydrogens (tertiary/aromatic N) is 1. The van der Waals surface area contributed by atoms with E-state index in [9.17, 15) is 4.79 Å². The zero-order valence-corrected chi connectivity index (χ0v) is 10.2. The number of methoxy groups -OCH3 is 1. The number of pyridine rings is 1. The number of ether oxygens (including phenoxy) is 1. The smallest absolute Gasteiger partial charge is 0.350 e. The number of nitrogen functional groups attached to an aromatic ring is 1. The van der Waals surface area contributed by atoms with E-state index in [0.717, 1.165) is 11.1 Å². The fraction of sp³-hybridized carbons (Fsp3) is 0.167. The Bertz CT molecular complexity index is 523. The molecule has 0 spiro atoms. The number of carbonyl (C=O) groups is 1. The normalized spacial score (nSPS) is 10.2. The van der Waals surface area contributed by atoms with Gasteiger partial charge in [0, 0.05) is 18.8 Å². The number of hydrogen-bond acceptors (Lipinski definition) is 5. The van der Waals surface area contributed by atoms with Crippen molar-refractivity contribution in [3.05, 3.63) is 45.9 Å². The van der Waals surface area contributed by atoms with Gasteiger partial charge in [-0.15, -0.1) is 11.3 Å². The molecule has 0 aliphatic heterocycles. The fourth-order valence-electron chi connectivity index (χ4n) is 1.51. The van der Waals surface area contributed by atoms with E-state index < -0.39 is 0 Å². The van der Waals surface area contributed by atoms with Gasteiger partial charge in [0.15, 0.2) is 0 Å². The van der Waals surface area contributed by atoms with E-state index in [1.54, 1.807) is 12.4 Å². The quantitative estimate of drug-likeness (QED) is 0.845. The molecule has 0 aromatic carbocycles. The summed E-state index contributed by atoms with van der Waals surface area (Å²) in [4.78, 5) is 15.9. The Morgan fingerprint density at radius 1 is 1.59 bits per heavy atom. The highest BCUT2D eigenvalue weighted by Crippen LogP contribution is 2.27. The molecule has 88 valence electrons. The molecule has 4 nitrogen and oxygen atoms in total. The topological polar surface area (TPSA) is 65.2 Å². The molecule has 2 rings (SSSR count). The van der Waals surface area contributed by atoms with Crippen LogP contribution in [0.5, 0.6) is 0 Å². The van der Waals surface area contributed by atoms with E-state index in [0.29, 0.717) is 17.0 Å². The summed E-state index contributed by atoms with van der Waals surface area (Å²) >= 11 is 1.31. The molecule has 0 saturated carbocycles. The van der Waals surface area contributed by atoms with Crippen molar-refractivity contribution in [2.75, 3.05) is 12.8 Å². The number of aromatic nitrogens is 1. The molecule has 0 radical (unpaired) electrons. The lowest BCUT2D eigenvalue weighted by Gasteiger charge is -2.01. The highest BCUT2D eigenvalue weighted by atomic mass is 32.1. The minimum absolute atomic E-state index is 0.384. The molecule has 0 aliphatic rings. The van der Waals surface area contributed by atoms with E-state index in [4.69, 9.17) is 5.73 Å². The van der Waals surface area contributed by atoms with E-state index in [-0.39, 0.29) is 5.97 Å². The Labute approximate surface area is 103 Å². The van der Waals surface area contributed by atoms with Crippen LogP contribution in [-0.4, -0.2) is 18.1 Å². The third kappa shape index (κ3) is 2.45. The monoisotopic (exact) mass is 248 g/mol. The molecule has 2 aromatic heterocycles. The molecule has 5 heteroatoms. The van der Waals surface area contributed by atoms with Crippen LogP contribution < -0.4 is 5.73 Å². The number of esters is 1. The highest BCUT2D eigenvalue weighted by molar-refractivity contribution is 7.12. The van der Waals surface area contributed by atoms with Crippen LogP contribution in [0.2, 0.25) is 0 Å². The molecule has 17 heavy (non-hydrogen) atoms. The number of carbonyl (C=O) groups excluding carboxylic acids is 1. The van der Waals surface area contributed by atoms with Gasteiger partial charge in [0.25, 0.3) is 0 Å². The number of anilines is 1. The van der Waals surface area contributed by atoms with Crippen molar-refractivity contribution in [3.8, 4) is 0 Å². The van der Waals surface area contributed by atoms with Crippen LogP contribution in [0.25, 0.3) is 0 Å². The molecule has 0 aliphatic carbocycles. The fourth-order valence-corrected chi connectivity index (χ4v) is 2.42. The summed E-state index contributed by atoms with van der Waals surface area (Å²) in [6, 6.07) is 3.85. The van der Waals surface area contributed by atoms with E-state index in [1.165, 1.54) is 18.4 Å². The standard InChI is InChI=1S/C12H12N2O2S/c1-16-12(15)11-10(13)9(7-17-11)5-8-3-2-4-14-6-8/h2-4,6-7H,5,13H2,1H3. The molecule has 0 bridgehead atoms. The Kier molecular flexibility index (Phi) is 3.39. The van der Waals surface area contributed by atoms with Gasteiger partial charge in [-0.25, -0.2) is 4.79 Å². The van der Waals surface area contributed by atoms with Gasteiger partial charge >= 0.3 is 5.97 Å². The van der Waals surface area contributed by atoms with Gasteiger partial charge in [-0.2, -0.15) is 0 Å². The number of nitrogens with two attached hydrogens (primary N) is 1. The average Bonchev–Trinajstić information content (AvgIpc) is 2.72. The van der Waals surface area contributed by atoms with Crippen molar-refractivity contribution >= 4 is 23.0 Å². The van der Waals surface area contributed by atoms with Crippen molar-refractivity contribution in [1.82, 2.24) is 4.98 Å². The van der Waals surface area contributed by atoms with Crippen LogP contribution >= 0.6 is 11.3 Å². The number of thiophene rings is 1. The predicted octanol–water partition coefficient (Wildman–Crippen LogP) is 2.10. The molecule has 0 unspecified atom stereocenters. The minimum atomic E-state index is -0.384. The van der Waals surface area contributed by atoms with Crippen LogP contribution in [0.15, 0.2) is 29.9 Å². The maximum Gasteiger partial charge on any atom is 0.350 e.